The summed E-state index contributed by atoms with van der Waals surface area (Å²) in [6, 6.07) is 6.96. The van der Waals surface area contributed by atoms with Gasteiger partial charge >= 0.3 is 0 Å². The Morgan fingerprint density at radius 1 is 1.27 bits per heavy atom. The SMILES string of the molecule is CC(C)/C=C/C(=O)N1CCC[C@@H](C(=O)c2ccc(Cl)cc2)C1. The minimum Gasteiger partial charge on any atom is -0.338 e. The van der Waals surface area contributed by atoms with Gasteiger partial charge in [-0.2, -0.15) is 0 Å². The molecule has 118 valence electrons. The van der Waals surface area contributed by atoms with Gasteiger partial charge in [0.05, 0.1) is 0 Å². The zero-order valence-corrected chi connectivity index (χ0v) is 13.8. The van der Waals surface area contributed by atoms with E-state index in [1.807, 2.05) is 19.9 Å². The van der Waals surface area contributed by atoms with Gasteiger partial charge in [0.15, 0.2) is 5.78 Å². The standard InChI is InChI=1S/C18H22ClNO2/c1-13(2)5-10-17(21)20-11-3-4-15(12-20)18(22)14-6-8-16(19)9-7-14/h5-10,13,15H,3-4,11-12H2,1-2H3/b10-5+/t15-/m1/s1. The van der Waals surface area contributed by atoms with Crippen LogP contribution in [0, 0.1) is 11.8 Å². The molecule has 0 bridgehead atoms. The summed E-state index contributed by atoms with van der Waals surface area (Å²) in [6.07, 6.45) is 5.22. The molecule has 2 rings (SSSR count). The fourth-order valence-electron chi connectivity index (χ4n) is 2.62. The van der Waals surface area contributed by atoms with Crippen LogP contribution in [-0.4, -0.2) is 29.7 Å². The Balaban J connectivity index is 2.02. The molecule has 1 aliphatic rings. The zero-order valence-electron chi connectivity index (χ0n) is 13.1. The number of rotatable bonds is 4. The van der Waals surface area contributed by atoms with Gasteiger partial charge in [0, 0.05) is 29.6 Å². The monoisotopic (exact) mass is 319 g/mol. The van der Waals surface area contributed by atoms with Gasteiger partial charge in [0.2, 0.25) is 5.91 Å². The third-order valence-electron chi connectivity index (χ3n) is 3.86. The number of Topliss-reactive ketones (excluding diaryl/α,β-unsaturated/α-hetero) is 1. The summed E-state index contributed by atoms with van der Waals surface area (Å²) in [5.41, 5.74) is 0.668. The highest BCUT2D eigenvalue weighted by atomic mass is 35.5. The van der Waals surface area contributed by atoms with E-state index in [4.69, 9.17) is 11.6 Å². The van der Waals surface area contributed by atoms with Crippen LogP contribution in [0.25, 0.3) is 0 Å². The number of benzene rings is 1. The van der Waals surface area contributed by atoms with E-state index in [0.29, 0.717) is 23.0 Å². The molecule has 1 aromatic rings. The van der Waals surface area contributed by atoms with Crippen molar-refractivity contribution in [3.05, 3.63) is 47.0 Å². The van der Waals surface area contributed by atoms with Crippen molar-refractivity contribution >= 4 is 23.3 Å². The quantitative estimate of drug-likeness (QED) is 0.622. The number of allylic oxidation sites excluding steroid dienone is 1. The predicted octanol–water partition coefficient (Wildman–Crippen LogP) is 3.97. The molecule has 0 unspecified atom stereocenters. The minimum absolute atomic E-state index is 0.00214. The highest BCUT2D eigenvalue weighted by molar-refractivity contribution is 6.30. The Morgan fingerprint density at radius 2 is 1.95 bits per heavy atom. The summed E-state index contributed by atoms with van der Waals surface area (Å²) < 4.78 is 0. The predicted molar refractivity (Wildman–Crippen MR) is 89.1 cm³/mol. The van der Waals surface area contributed by atoms with Gasteiger partial charge < -0.3 is 4.90 Å². The molecule has 1 saturated heterocycles. The number of carbonyl (C=O) groups excluding carboxylic acids is 2. The van der Waals surface area contributed by atoms with E-state index in [9.17, 15) is 9.59 Å². The van der Waals surface area contributed by atoms with Crippen molar-refractivity contribution in [2.45, 2.75) is 26.7 Å². The fourth-order valence-corrected chi connectivity index (χ4v) is 2.75. The first-order valence-corrected chi connectivity index (χ1v) is 8.12. The number of amides is 1. The average molecular weight is 320 g/mol. The molecule has 3 nitrogen and oxygen atoms in total. The summed E-state index contributed by atoms with van der Waals surface area (Å²) >= 11 is 5.86. The number of halogens is 1. The number of ketones is 1. The van der Waals surface area contributed by atoms with Crippen LogP contribution < -0.4 is 0 Å². The third kappa shape index (κ3) is 4.44. The molecule has 0 aliphatic carbocycles. The molecule has 0 N–H and O–H groups in total. The highest BCUT2D eigenvalue weighted by Gasteiger charge is 2.28. The molecular weight excluding hydrogens is 298 g/mol. The molecule has 0 spiro atoms. The van der Waals surface area contributed by atoms with Crippen molar-refractivity contribution in [1.82, 2.24) is 4.90 Å². The van der Waals surface area contributed by atoms with Crippen LogP contribution in [0.2, 0.25) is 5.02 Å². The van der Waals surface area contributed by atoms with Crippen LogP contribution in [0.5, 0.6) is 0 Å². The average Bonchev–Trinajstić information content (AvgIpc) is 2.52. The smallest absolute Gasteiger partial charge is 0.246 e. The van der Waals surface area contributed by atoms with Gasteiger partial charge in [-0.15, -0.1) is 0 Å². The van der Waals surface area contributed by atoms with Gasteiger partial charge in [0.25, 0.3) is 0 Å². The lowest BCUT2D eigenvalue weighted by atomic mass is 9.90. The van der Waals surface area contributed by atoms with Gasteiger partial charge in [0.1, 0.15) is 0 Å². The van der Waals surface area contributed by atoms with E-state index in [1.54, 1.807) is 35.2 Å². The van der Waals surface area contributed by atoms with E-state index in [0.717, 1.165) is 19.4 Å². The number of likely N-dealkylation sites (tertiary alicyclic amines) is 1. The molecule has 1 aliphatic heterocycles. The van der Waals surface area contributed by atoms with Crippen LogP contribution in [0.1, 0.15) is 37.0 Å². The first-order chi connectivity index (χ1) is 10.5. The van der Waals surface area contributed by atoms with Crippen molar-refractivity contribution in [3.63, 3.8) is 0 Å². The lowest BCUT2D eigenvalue weighted by Gasteiger charge is -2.31. The Labute approximate surface area is 137 Å². The Bertz CT molecular complexity index is 563. The maximum atomic E-state index is 12.5. The number of piperidine rings is 1. The van der Waals surface area contributed by atoms with Gasteiger partial charge in [-0.25, -0.2) is 0 Å². The molecule has 22 heavy (non-hydrogen) atoms. The Hall–Kier alpha value is -1.61. The van der Waals surface area contributed by atoms with E-state index in [-0.39, 0.29) is 17.6 Å². The van der Waals surface area contributed by atoms with E-state index in [1.165, 1.54) is 0 Å². The van der Waals surface area contributed by atoms with Crippen LogP contribution in [0.15, 0.2) is 36.4 Å². The van der Waals surface area contributed by atoms with Crippen LogP contribution in [0.3, 0.4) is 0 Å². The number of hydrogen-bond acceptors (Lipinski definition) is 2. The van der Waals surface area contributed by atoms with Crippen molar-refractivity contribution in [3.8, 4) is 0 Å². The molecule has 0 aromatic heterocycles. The Morgan fingerprint density at radius 3 is 2.59 bits per heavy atom. The molecule has 0 saturated carbocycles. The van der Waals surface area contributed by atoms with Gasteiger partial charge in [-0.1, -0.05) is 31.5 Å². The molecule has 1 amide bonds. The minimum atomic E-state index is -0.119. The van der Waals surface area contributed by atoms with E-state index in [2.05, 4.69) is 0 Å². The van der Waals surface area contributed by atoms with Crippen molar-refractivity contribution < 1.29 is 9.59 Å². The second-order valence-electron chi connectivity index (χ2n) is 6.10. The second-order valence-corrected chi connectivity index (χ2v) is 6.53. The number of carbonyl (C=O) groups is 2. The summed E-state index contributed by atoms with van der Waals surface area (Å²) in [6.45, 7) is 5.30. The summed E-state index contributed by atoms with van der Waals surface area (Å²) in [7, 11) is 0. The number of nitrogens with zero attached hydrogens (tertiary/aromatic N) is 1. The second kappa shape index (κ2) is 7.59. The van der Waals surface area contributed by atoms with Gasteiger partial charge in [-0.3, -0.25) is 9.59 Å². The van der Waals surface area contributed by atoms with Crippen LogP contribution in [0.4, 0.5) is 0 Å². The molecule has 0 radical (unpaired) electrons. The zero-order chi connectivity index (χ0) is 16.1. The van der Waals surface area contributed by atoms with E-state index < -0.39 is 0 Å². The van der Waals surface area contributed by atoms with Gasteiger partial charge in [-0.05, 0) is 49.1 Å². The fraction of sp³-hybridized carbons (Fsp3) is 0.444. The largest absolute Gasteiger partial charge is 0.338 e. The summed E-state index contributed by atoms with van der Waals surface area (Å²) in [5, 5.41) is 0.621. The lowest BCUT2D eigenvalue weighted by molar-refractivity contribution is -0.127. The van der Waals surface area contributed by atoms with Crippen LogP contribution >= 0.6 is 11.6 Å². The topological polar surface area (TPSA) is 37.4 Å². The highest BCUT2D eigenvalue weighted by Crippen LogP contribution is 2.22. The first kappa shape index (κ1) is 16.8. The van der Waals surface area contributed by atoms with Crippen molar-refractivity contribution in [1.29, 1.82) is 0 Å². The normalized spacial score (nSPS) is 18.9. The summed E-state index contributed by atoms with van der Waals surface area (Å²) in [4.78, 5) is 26.5. The number of hydrogen-bond donors (Lipinski definition) is 0. The third-order valence-corrected chi connectivity index (χ3v) is 4.11. The lowest BCUT2D eigenvalue weighted by Crippen LogP contribution is -2.41. The molecule has 4 heteroatoms. The first-order valence-electron chi connectivity index (χ1n) is 7.74. The van der Waals surface area contributed by atoms with Crippen LogP contribution in [-0.2, 0) is 4.79 Å². The summed E-state index contributed by atoms with van der Waals surface area (Å²) in [5.74, 6) is 0.330. The maximum absolute atomic E-state index is 12.5. The van der Waals surface area contributed by atoms with Crippen molar-refractivity contribution in [2.24, 2.45) is 11.8 Å². The van der Waals surface area contributed by atoms with Crippen molar-refractivity contribution in [2.75, 3.05) is 13.1 Å². The molecule has 1 atom stereocenters. The molecule has 1 heterocycles. The molecule has 1 fully saturated rings. The Kier molecular flexibility index (Phi) is 5.78. The maximum Gasteiger partial charge on any atom is 0.246 e. The molecule has 1 aromatic carbocycles. The van der Waals surface area contributed by atoms with E-state index >= 15 is 0 Å². The molecular formula is C18H22ClNO2.